The van der Waals surface area contributed by atoms with Gasteiger partial charge in [0.25, 0.3) is 0 Å². The van der Waals surface area contributed by atoms with Gasteiger partial charge in [0.15, 0.2) is 0 Å². The Morgan fingerprint density at radius 3 is 2.60 bits per heavy atom. The van der Waals surface area contributed by atoms with E-state index in [4.69, 9.17) is 9.15 Å². The molecule has 182 valence electrons. The SMILES string of the molecule is CN(C)CCOc1ccc(-c2oc3ncnc(NC[C@@H]4CCC[S@@+]4[O-])c3c2-c2ccccc2)cc1. The molecule has 2 aromatic heterocycles. The summed E-state index contributed by atoms with van der Waals surface area (Å²) in [5, 5.41) is 4.43. The summed E-state index contributed by atoms with van der Waals surface area (Å²) in [6, 6.07) is 18.1. The van der Waals surface area contributed by atoms with Gasteiger partial charge >= 0.3 is 0 Å². The predicted molar refractivity (Wildman–Crippen MR) is 141 cm³/mol. The monoisotopic (exact) mass is 490 g/mol. The molecule has 0 amide bonds. The first-order valence-corrected chi connectivity index (χ1v) is 13.3. The molecule has 0 radical (unpaired) electrons. The van der Waals surface area contributed by atoms with Crippen molar-refractivity contribution in [2.24, 2.45) is 0 Å². The Morgan fingerprint density at radius 2 is 1.89 bits per heavy atom. The van der Waals surface area contributed by atoms with Crippen molar-refractivity contribution in [3.63, 3.8) is 0 Å². The van der Waals surface area contributed by atoms with Crippen LogP contribution in [0.25, 0.3) is 33.6 Å². The Labute approximate surface area is 208 Å². The number of aromatic nitrogens is 2. The number of ether oxygens (including phenoxy) is 1. The predicted octanol–water partition coefficient (Wildman–Crippen LogP) is 4.82. The van der Waals surface area contributed by atoms with Crippen molar-refractivity contribution in [2.45, 2.75) is 18.1 Å². The van der Waals surface area contributed by atoms with Crippen molar-refractivity contribution >= 4 is 28.1 Å². The summed E-state index contributed by atoms with van der Waals surface area (Å²) in [5.74, 6) is 3.04. The third-order valence-electron chi connectivity index (χ3n) is 6.22. The smallest absolute Gasteiger partial charge is 0.232 e. The first kappa shape index (κ1) is 23.7. The van der Waals surface area contributed by atoms with E-state index in [0.29, 0.717) is 24.7 Å². The molecule has 35 heavy (non-hydrogen) atoms. The summed E-state index contributed by atoms with van der Waals surface area (Å²) < 4.78 is 24.5. The number of anilines is 1. The standard InChI is InChI=1S/C27H30N4O3S/c1-31(2)14-15-33-21-12-10-20(11-13-21)25-23(19-7-4-3-5-8-19)24-26(29-18-30-27(24)34-25)28-17-22-9-6-16-35(22)32/h3-5,7-8,10-13,18,22H,6,9,14-17H2,1-2H3,(H,28,29,30)/t22-,35+/m0/s1. The van der Waals surface area contributed by atoms with Crippen molar-refractivity contribution in [2.75, 3.05) is 44.9 Å². The Kier molecular flexibility index (Phi) is 7.22. The quantitative estimate of drug-likeness (QED) is 0.337. The highest BCUT2D eigenvalue weighted by Crippen LogP contribution is 2.42. The van der Waals surface area contributed by atoms with E-state index in [9.17, 15) is 4.55 Å². The maximum Gasteiger partial charge on any atom is 0.232 e. The maximum absolute atomic E-state index is 12.3. The van der Waals surface area contributed by atoms with Crippen LogP contribution in [0.5, 0.6) is 5.75 Å². The van der Waals surface area contributed by atoms with Gasteiger partial charge < -0.3 is 23.9 Å². The summed E-state index contributed by atoms with van der Waals surface area (Å²) in [7, 11) is 4.05. The Bertz CT molecular complexity index is 1260. The van der Waals surface area contributed by atoms with Crippen LogP contribution >= 0.6 is 0 Å². The van der Waals surface area contributed by atoms with Crippen molar-refractivity contribution in [3.8, 4) is 28.2 Å². The van der Waals surface area contributed by atoms with E-state index in [1.54, 1.807) is 0 Å². The molecule has 1 saturated heterocycles. The summed E-state index contributed by atoms with van der Waals surface area (Å²) in [6.45, 7) is 2.10. The summed E-state index contributed by atoms with van der Waals surface area (Å²) in [5.41, 5.74) is 3.42. The molecule has 1 aliphatic rings. The van der Waals surface area contributed by atoms with Crippen LogP contribution in [0.2, 0.25) is 0 Å². The molecule has 4 aromatic rings. The zero-order valence-corrected chi connectivity index (χ0v) is 20.9. The molecular formula is C27H30N4O3S. The van der Waals surface area contributed by atoms with Crippen LogP contribution in [-0.2, 0) is 11.2 Å². The molecule has 0 aliphatic carbocycles. The second-order valence-electron chi connectivity index (χ2n) is 8.98. The number of nitrogens with one attached hydrogen (secondary N) is 1. The Balaban J connectivity index is 1.51. The van der Waals surface area contributed by atoms with Gasteiger partial charge in [-0.25, -0.2) is 9.97 Å². The van der Waals surface area contributed by atoms with E-state index in [2.05, 4.69) is 32.3 Å². The van der Waals surface area contributed by atoms with Crippen molar-refractivity contribution in [3.05, 3.63) is 60.9 Å². The Hall–Kier alpha value is -3.07. The fourth-order valence-electron chi connectivity index (χ4n) is 4.36. The zero-order chi connectivity index (χ0) is 24.2. The zero-order valence-electron chi connectivity index (χ0n) is 20.1. The van der Waals surface area contributed by atoms with Crippen molar-refractivity contribution in [1.29, 1.82) is 0 Å². The van der Waals surface area contributed by atoms with Crippen molar-refractivity contribution < 1.29 is 13.7 Å². The molecule has 0 unspecified atom stereocenters. The highest BCUT2D eigenvalue weighted by Gasteiger charge is 2.29. The number of nitrogens with zero attached hydrogens (tertiary/aromatic N) is 3. The second-order valence-corrected chi connectivity index (χ2v) is 10.8. The van der Waals surface area contributed by atoms with E-state index in [1.165, 1.54) is 6.33 Å². The first-order chi connectivity index (χ1) is 17.1. The number of likely N-dealkylation sites (N-methyl/N-ethyl adjacent to an activating group) is 1. The number of hydrogen-bond acceptors (Lipinski definition) is 7. The van der Waals surface area contributed by atoms with Gasteiger partial charge in [-0.3, -0.25) is 0 Å². The van der Waals surface area contributed by atoms with Crippen LogP contribution < -0.4 is 10.1 Å². The highest BCUT2D eigenvalue weighted by atomic mass is 32.2. The minimum absolute atomic E-state index is 0.145. The van der Waals surface area contributed by atoms with Gasteiger partial charge in [-0.15, -0.1) is 0 Å². The molecule has 5 rings (SSSR count). The lowest BCUT2D eigenvalue weighted by Gasteiger charge is -2.15. The van der Waals surface area contributed by atoms with Crippen molar-refractivity contribution in [1.82, 2.24) is 14.9 Å². The topological polar surface area (TPSA) is 86.5 Å². The molecule has 1 N–H and O–H groups in total. The van der Waals surface area contributed by atoms with Crippen LogP contribution in [0.15, 0.2) is 65.3 Å². The number of rotatable bonds is 9. The third-order valence-corrected chi connectivity index (χ3v) is 8.05. The fraction of sp³-hybridized carbons (Fsp3) is 0.333. The van der Waals surface area contributed by atoms with E-state index in [0.717, 1.165) is 58.7 Å². The molecule has 7 nitrogen and oxygen atoms in total. The molecule has 2 aromatic carbocycles. The lowest BCUT2D eigenvalue weighted by molar-refractivity contribution is 0.261. The van der Waals surface area contributed by atoms with Gasteiger partial charge in [-0.2, -0.15) is 0 Å². The van der Waals surface area contributed by atoms with E-state index < -0.39 is 11.2 Å². The number of benzene rings is 2. The van der Waals surface area contributed by atoms with E-state index >= 15 is 0 Å². The van der Waals surface area contributed by atoms with E-state index in [-0.39, 0.29) is 5.25 Å². The van der Waals surface area contributed by atoms with Gasteiger partial charge in [-0.1, -0.05) is 30.3 Å². The van der Waals surface area contributed by atoms with Crippen LogP contribution in [0.3, 0.4) is 0 Å². The molecule has 0 saturated carbocycles. The molecule has 1 aliphatic heterocycles. The molecule has 8 heteroatoms. The van der Waals surface area contributed by atoms with Gasteiger partial charge in [0, 0.05) is 24.1 Å². The van der Waals surface area contributed by atoms with Gasteiger partial charge in [0.1, 0.15) is 41.3 Å². The Morgan fingerprint density at radius 1 is 1.09 bits per heavy atom. The summed E-state index contributed by atoms with van der Waals surface area (Å²) >= 11 is -0.785. The first-order valence-electron chi connectivity index (χ1n) is 11.9. The molecule has 0 spiro atoms. The highest BCUT2D eigenvalue weighted by molar-refractivity contribution is 7.92. The van der Waals surface area contributed by atoms with Gasteiger partial charge in [-0.05, 0) is 61.5 Å². The number of furan rings is 1. The largest absolute Gasteiger partial charge is 0.616 e. The second kappa shape index (κ2) is 10.7. The third kappa shape index (κ3) is 5.29. The lowest BCUT2D eigenvalue weighted by Crippen LogP contribution is -2.25. The number of fused-ring (bicyclic) bond motifs is 1. The van der Waals surface area contributed by atoms with Crippen LogP contribution in [0.4, 0.5) is 5.82 Å². The molecule has 3 heterocycles. The maximum atomic E-state index is 12.3. The molecular weight excluding hydrogens is 460 g/mol. The van der Waals surface area contributed by atoms with Crippen LogP contribution in [0.1, 0.15) is 12.8 Å². The molecule has 2 atom stereocenters. The van der Waals surface area contributed by atoms with Gasteiger partial charge in [0.2, 0.25) is 5.71 Å². The average Bonchev–Trinajstić information content (AvgIpc) is 3.47. The molecule has 1 fully saturated rings. The summed E-state index contributed by atoms with van der Waals surface area (Å²) in [6.07, 6.45) is 3.50. The minimum atomic E-state index is -0.785. The minimum Gasteiger partial charge on any atom is -0.616 e. The fourth-order valence-corrected chi connectivity index (χ4v) is 5.84. The molecule has 0 bridgehead atoms. The van der Waals surface area contributed by atoms with E-state index in [1.807, 2.05) is 56.6 Å². The number of hydrogen-bond donors (Lipinski definition) is 1. The normalized spacial score (nSPS) is 17.8. The van der Waals surface area contributed by atoms with Crippen LogP contribution in [-0.4, -0.2) is 64.2 Å². The summed E-state index contributed by atoms with van der Waals surface area (Å²) in [4.78, 5) is 11.1. The lowest BCUT2D eigenvalue weighted by atomic mass is 9.99. The van der Waals surface area contributed by atoms with Crippen LogP contribution in [0, 0.1) is 0 Å². The van der Waals surface area contributed by atoms with Gasteiger partial charge in [0.05, 0.1) is 11.9 Å². The average molecular weight is 491 g/mol.